The van der Waals surface area contributed by atoms with Gasteiger partial charge in [-0.3, -0.25) is 4.57 Å². The second-order valence-electron chi connectivity index (χ2n) is 4.40. The molecule has 3 rings (SSSR count). The number of fused-ring (bicyclic) bond motifs is 1. The lowest BCUT2D eigenvalue weighted by atomic mass is 10.3. The van der Waals surface area contributed by atoms with Crippen molar-refractivity contribution in [3.63, 3.8) is 0 Å². The van der Waals surface area contributed by atoms with Crippen molar-refractivity contribution < 1.29 is 9.47 Å². The van der Waals surface area contributed by atoms with Gasteiger partial charge in [0.2, 0.25) is 17.7 Å². The van der Waals surface area contributed by atoms with Crippen LogP contribution in [-0.2, 0) is 0 Å². The minimum atomic E-state index is 0.411. The highest BCUT2D eigenvalue weighted by atomic mass is 35.5. The van der Waals surface area contributed by atoms with Crippen LogP contribution in [0.4, 0.5) is 0 Å². The molecule has 108 valence electrons. The number of pyridine rings is 1. The molecule has 3 aromatic rings. The van der Waals surface area contributed by atoms with Gasteiger partial charge >= 0.3 is 0 Å². The lowest BCUT2D eigenvalue weighted by molar-refractivity contribution is 0.365. The summed E-state index contributed by atoms with van der Waals surface area (Å²) in [6, 6.07) is 5.55. The van der Waals surface area contributed by atoms with E-state index in [0.717, 1.165) is 10.9 Å². The number of hydrogen-bond acceptors (Lipinski definition) is 5. The van der Waals surface area contributed by atoms with Crippen LogP contribution in [-0.4, -0.2) is 33.7 Å². The topological polar surface area (TPSA) is 62.1 Å². The second kappa shape index (κ2) is 5.21. The van der Waals surface area contributed by atoms with Crippen LogP contribution in [0.15, 0.2) is 24.4 Å². The highest BCUT2D eigenvalue weighted by Gasteiger charge is 2.15. The van der Waals surface area contributed by atoms with Gasteiger partial charge in [0.05, 0.1) is 19.8 Å². The van der Waals surface area contributed by atoms with E-state index < -0.39 is 0 Å². The first-order valence-corrected chi connectivity index (χ1v) is 6.62. The van der Waals surface area contributed by atoms with Gasteiger partial charge in [0, 0.05) is 11.6 Å². The van der Waals surface area contributed by atoms with Gasteiger partial charge in [-0.15, -0.1) is 0 Å². The lowest BCUT2D eigenvalue weighted by Gasteiger charge is -2.11. The Bertz CT molecular complexity index is 791. The average molecular weight is 305 g/mol. The van der Waals surface area contributed by atoms with E-state index >= 15 is 0 Å². The molecule has 0 fully saturated rings. The van der Waals surface area contributed by atoms with Crippen molar-refractivity contribution in [2.45, 2.75) is 6.92 Å². The van der Waals surface area contributed by atoms with Crippen molar-refractivity contribution in [2.24, 2.45) is 0 Å². The van der Waals surface area contributed by atoms with Crippen LogP contribution in [0.5, 0.6) is 11.8 Å². The van der Waals surface area contributed by atoms with Crippen LogP contribution in [0.1, 0.15) is 5.56 Å². The normalized spacial score (nSPS) is 10.9. The van der Waals surface area contributed by atoms with E-state index in [1.807, 2.05) is 25.3 Å². The summed E-state index contributed by atoms with van der Waals surface area (Å²) in [5.41, 5.74) is 1.42. The maximum Gasteiger partial charge on any atom is 0.241 e. The molecule has 0 aliphatic heterocycles. The van der Waals surface area contributed by atoms with Gasteiger partial charge in [-0.25, -0.2) is 4.98 Å². The molecule has 7 heteroatoms. The molecule has 0 unspecified atom stereocenters. The number of aromatic nitrogens is 4. The minimum Gasteiger partial charge on any atom is -0.481 e. The van der Waals surface area contributed by atoms with E-state index in [2.05, 4.69) is 15.0 Å². The fraction of sp³-hybridized carbons (Fsp3) is 0.214. The highest BCUT2D eigenvalue weighted by Crippen LogP contribution is 2.26. The van der Waals surface area contributed by atoms with Gasteiger partial charge in [0.15, 0.2) is 0 Å². The Morgan fingerprint density at radius 1 is 1.00 bits per heavy atom. The van der Waals surface area contributed by atoms with E-state index in [1.165, 1.54) is 0 Å². The smallest absolute Gasteiger partial charge is 0.241 e. The molecule has 0 atom stereocenters. The monoisotopic (exact) mass is 304 g/mol. The summed E-state index contributed by atoms with van der Waals surface area (Å²) in [5.74, 6) is 1.33. The number of hydrogen-bond donors (Lipinski definition) is 0. The number of halogens is 1. The van der Waals surface area contributed by atoms with Gasteiger partial charge in [-0.05, 0) is 25.1 Å². The zero-order valence-electron chi connectivity index (χ0n) is 11.8. The first kappa shape index (κ1) is 13.6. The molecule has 0 aliphatic carbocycles. The Labute approximate surface area is 126 Å². The Morgan fingerprint density at radius 2 is 1.67 bits per heavy atom. The van der Waals surface area contributed by atoms with Gasteiger partial charge in [-0.2, -0.15) is 9.97 Å². The predicted octanol–water partition coefficient (Wildman–Crippen LogP) is 2.79. The summed E-state index contributed by atoms with van der Waals surface area (Å²) >= 11 is 5.96. The molecular formula is C14H13ClN4O2. The largest absolute Gasteiger partial charge is 0.481 e. The van der Waals surface area contributed by atoms with Crippen LogP contribution >= 0.6 is 11.6 Å². The van der Waals surface area contributed by atoms with Crippen LogP contribution in [0.3, 0.4) is 0 Å². The molecule has 0 spiro atoms. The first-order valence-electron chi connectivity index (χ1n) is 6.24. The Hall–Kier alpha value is -2.34. The lowest BCUT2D eigenvalue weighted by Crippen LogP contribution is -2.06. The summed E-state index contributed by atoms with van der Waals surface area (Å²) in [7, 11) is 3.11. The summed E-state index contributed by atoms with van der Waals surface area (Å²) in [6.45, 7) is 1.84. The fourth-order valence-electron chi connectivity index (χ4n) is 2.12. The Balaban J connectivity index is 2.25. The van der Waals surface area contributed by atoms with Gasteiger partial charge in [-0.1, -0.05) is 11.6 Å². The van der Waals surface area contributed by atoms with Crippen molar-refractivity contribution in [1.82, 2.24) is 19.5 Å². The zero-order chi connectivity index (χ0) is 15.0. The van der Waals surface area contributed by atoms with Crippen LogP contribution in [0.2, 0.25) is 5.15 Å². The van der Waals surface area contributed by atoms with Crippen molar-refractivity contribution in [2.75, 3.05) is 14.2 Å². The summed E-state index contributed by atoms with van der Waals surface area (Å²) < 4.78 is 12.3. The number of rotatable bonds is 3. The van der Waals surface area contributed by atoms with Crippen molar-refractivity contribution >= 4 is 22.6 Å². The van der Waals surface area contributed by atoms with Crippen LogP contribution in [0.25, 0.3) is 17.0 Å². The van der Waals surface area contributed by atoms with E-state index in [4.69, 9.17) is 21.1 Å². The van der Waals surface area contributed by atoms with Crippen LogP contribution in [0, 0.1) is 6.92 Å². The molecule has 3 aromatic heterocycles. The number of ether oxygens (including phenoxy) is 2. The molecule has 0 amide bonds. The van der Waals surface area contributed by atoms with Crippen molar-refractivity contribution in [1.29, 1.82) is 0 Å². The summed E-state index contributed by atoms with van der Waals surface area (Å²) in [5, 5.41) is 1.36. The average Bonchev–Trinajstić information content (AvgIpc) is 2.90. The highest BCUT2D eigenvalue weighted by molar-refractivity contribution is 6.29. The van der Waals surface area contributed by atoms with Crippen LogP contribution < -0.4 is 9.47 Å². The maximum atomic E-state index is 5.96. The minimum absolute atomic E-state index is 0.411. The van der Waals surface area contributed by atoms with Crippen molar-refractivity contribution in [3.05, 3.63) is 35.1 Å². The molecule has 0 aliphatic rings. The predicted molar refractivity (Wildman–Crippen MR) is 79.5 cm³/mol. The SMILES string of the molecule is COc1nc(-n2ccc3ccc(Cl)nc32)nc(OC)c1C. The molecule has 3 heterocycles. The second-order valence-corrected chi connectivity index (χ2v) is 4.79. The molecule has 21 heavy (non-hydrogen) atoms. The molecule has 0 radical (unpaired) electrons. The Kier molecular flexibility index (Phi) is 3.39. The van der Waals surface area contributed by atoms with E-state index in [0.29, 0.717) is 28.5 Å². The van der Waals surface area contributed by atoms with Crippen molar-refractivity contribution in [3.8, 4) is 17.7 Å². The van der Waals surface area contributed by atoms with Gasteiger partial charge in [0.25, 0.3) is 0 Å². The third-order valence-electron chi connectivity index (χ3n) is 3.15. The fourth-order valence-corrected chi connectivity index (χ4v) is 2.26. The number of methoxy groups -OCH3 is 2. The summed E-state index contributed by atoms with van der Waals surface area (Å²) in [4.78, 5) is 13.1. The maximum absolute atomic E-state index is 5.96. The molecule has 0 N–H and O–H groups in total. The Morgan fingerprint density at radius 3 is 2.29 bits per heavy atom. The van der Waals surface area contributed by atoms with E-state index in [9.17, 15) is 0 Å². The summed E-state index contributed by atoms with van der Waals surface area (Å²) in [6.07, 6.45) is 1.83. The zero-order valence-corrected chi connectivity index (χ0v) is 12.5. The van der Waals surface area contributed by atoms with Gasteiger partial charge in [0.1, 0.15) is 10.8 Å². The third kappa shape index (κ3) is 2.27. The molecule has 0 saturated heterocycles. The molecule has 0 bridgehead atoms. The quantitative estimate of drug-likeness (QED) is 0.696. The van der Waals surface area contributed by atoms with Gasteiger partial charge < -0.3 is 9.47 Å². The standard InChI is InChI=1S/C14H13ClN4O2/c1-8-12(20-2)17-14(18-13(8)21-3)19-7-6-9-4-5-10(15)16-11(9)19/h4-7H,1-3H3. The first-order chi connectivity index (χ1) is 10.1. The third-order valence-corrected chi connectivity index (χ3v) is 3.36. The number of nitrogens with zero attached hydrogens (tertiary/aromatic N) is 4. The molecule has 0 saturated carbocycles. The van der Waals surface area contributed by atoms with E-state index in [-0.39, 0.29) is 0 Å². The molecular weight excluding hydrogens is 292 g/mol. The molecule has 6 nitrogen and oxygen atoms in total. The molecule has 0 aromatic carbocycles. The van der Waals surface area contributed by atoms with E-state index in [1.54, 1.807) is 24.9 Å².